The van der Waals surface area contributed by atoms with E-state index in [1.54, 1.807) is 6.07 Å². The van der Waals surface area contributed by atoms with Crippen LogP contribution in [0.3, 0.4) is 0 Å². The highest BCUT2D eigenvalue weighted by atomic mass is 79.9. The predicted molar refractivity (Wildman–Crippen MR) is 76.5 cm³/mol. The van der Waals surface area contributed by atoms with E-state index in [9.17, 15) is 4.79 Å². The molecule has 0 saturated heterocycles. The number of benzene rings is 2. The van der Waals surface area contributed by atoms with E-state index in [4.69, 9.17) is 16.3 Å². The van der Waals surface area contributed by atoms with Gasteiger partial charge in [0.25, 0.3) is 0 Å². The van der Waals surface area contributed by atoms with Gasteiger partial charge >= 0.3 is 0 Å². The molecule has 92 valence electrons. The smallest absolute Gasteiger partial charge is 0.153 e. The molecule has 4 heteroatoms. The van der Waals surface area contributed by atoms with Crippen LogP contribution in [-0.2, 0) is 0 Å². The minimum Gasteiger partial charge on any atom is -0.494 e. The van der Waals surface area contributed by atoms with Crippen molar-refractivity contribution in [1.82, 2.24) is 0 Å². The van der Waals surface area contributed by atoms with Crippen molar-refractivity contribution in [3.05, 3.63) is 51.5 Å². The fraction of sp³-hybridized carbons (Fsp3) is 0.0714. The third kappa shape index (κ3) is 2.42. The van der Waals surface area contributed by atoms with E-state index in [1.807, 2.05) is 30.3 Å². The molecular formula is C14H10BrClO2. The molecule has 2 aromatic rings. The molecule has 0 N–H and O–H groups in total. The van der Waals surface area contributed by atoms with Gasteiger partial charge in [-0.15, -0.1) is 0 Å². The van der Waals surface area contributed by atoms with Crippen molar-refractivity contribution in [3.8, 4) is 16.9 Å². The van der Waals surface area contributed by atoms with Gasteiger partial charge in [0.2, 0.25) is 0 Å². The molecule has 0 atom stereocenters. The topological polar surface area (TPSA) is 26.3 Å². The average molecular weight is 326 g/mol. The van der Waals surface area contributed by atoms with E-state index in [2.05, 4.69) is 15.9 Å². The molecule has 0 unspecified atom stereocenters. The van der Waals surface area contributed by atoms with Gasteiger partial charge in [0, 0.05) is 10.0 Å². The number of ether oxygens (including phenoxy) is 1. The maximum Gasteiger partial charge on any atom is 0.153 e. The molecule has 0 saturated carbocycles. The minimum atomic E-state index is 0.407. The van der Waals surface area contributed by atoms with E-state index in [-0.39, 0.29) is 0 Å². The van der Waals surface area contributed by atoms with Crippen LogP contribution in [0.2, 0.25) is 5.02 Å². The minimum absolute atomic E-state index is 0.407. The maximum absolute atomic E-state index is 10.9. The molecule has 2 aromatic carbocycles. The summed E-state index contributed by atoms with van der Waals surface area (Å²) in [5.41, 5.74) is 2.24. The van der Waals surface area contributed by atoms with Crippen LogP contribution >= 0.6 is 27.5 Å². The van der Waals surface area contributed by atoms with Gasteiger partial charge in [0.05, 0.1) is 17.7 Å². The number of hydrogen-bond acceptors (Lipinski definition) is 2. The number of carbonyl (C=O) groups excluding carboxylic acids is 1. The number of rotatable bonds is 3. The van der Waals surface area contributed by atoms with Gasteiger partial charge in [-0.1, -0.05) is 45.7 Å². The van der Waals surface area contributed by atoms with E-state index in [0.29, 0.717) is 16.3 Å². The van der Waals surface area contributed by atoms with Crippen molar-refractivity contribution < 1.29 is 9.53 Å². The third-order valence-electron chi connectivity index (χ3n) is 2.59. The molecule has 0 radical (unpaired) electrons. The summed E-state index contributed by atoms with van der Waals surface area (Å²) in [7, 11) is 1.50. The largest absolute Gasteiger partial charge is 0.494 e. The molecule has 0 heterocycles. The molecule has 0 amide bonds. The monoisotopic (exact) mass is 324 g/mol. The fourth-order valence-electron chi connectivity index (χ4n) is 1.75. The van der Waals surface area contributed by atoms with Gasteiger partial charge in [0.1, 0.15) is 5.75 Å². The van der Waals surface area contributed by atoms with Crippen molar-refractivity contribution in [2.45, 2.75) is 0 Å². The summed E-state index contributed by atoms with van der Waals surface area (Å²) < 4.78 is 6.15. The second-order valence-electron chi connectivity index (χ2n) is 3.68. The highest BCUT2D eigenvalue weighted by molar-refractivity contribution is 9.10. The lowest BCUT2D eigenvalue weighted by atomic mass is 10.0. The van der Waals surface area contributed by atoms with Crippen LogP contribution < -0.4 is 4.74 Å². The van der Waals surface area contributed by atoms with E-state index in [0.717, 1.165) is 21.9 Å². The lowest BCUT2D eigenvalue weighted by Gasteiger charge is -2.11. The summed E-state index contributed by atoms with van der Waals surface area (Å²) in [6.07, 6.45) is 0.732. The fourth-order valence-corrected chi connectivity index (χ4v) is 2.51. The Hall–Kier alpha value is -1.32. The van der Waals surface area contributed by atoms with Gasteiger partial charge in [0.15, 0.2) is 6.29 Å². The Kier molecular flexibility index (Phi) is 4.04. The van der Waals surface area contributed by atoms with E-state index < -0.39 is 0 Å². The van der Waals surface area contributed by atoms with E-state index in [1.165, 1.54) is 7.11 Å². The van der Waals surface area contributed by atoms with Gasteiger partial charge in [-0.3, -0.25) is 4.79 Å². The van der Waals surface area contributed by atoms with Crippen LogP contribution in [0.4, 0.5) is 0 Å². The first-order valence-corrected chi connectivity index (χ1v) is 6.42. The summed E-state index contributed by atoms with van der Waals surface area (Å²) in [4.78, 5) is 10.9. The van der Waals surface area contributed by atoms with Crippen LogP contribution in [-0.4, -0.2) is 13.4 Å². The predicted octanol–water partition coefficient (Wildman–Crippen LogP) is 4.59. The second kappa shape index (κ2) is 5.55. The zero-order chi connectivity index (χ0) is 13.1. The van der Waals surface area contributed by atoms with Crippen molar-refractivity contribution in [2.75, 3.05) is 7.11 Å². The zero-order valence-corrected chi connectivity index (χ0v) is 12.0. The molecule has 0 aliphatic heterocycles. The van der Waals surface area contributed by atoms with Crippen LogP contribution in [0.15, 0.2) is 40.9 Å². The number of aldehydes is 1. The summed E-state index contributed by atoms with van der Waals surface area (Å²) in [6.45, 7) is 0. The van der Waals surface area contributed by atoms with Crippen LogP contribution in [0.1, 0.15) is 10.4 Å². The molecule has 2 rings (SSSR count). The molecule has 0 aromatic heterocycles. The summed E-state index contributed by atoms with van der Waals surface area (Å²) >= 11 is 9.70. The molecule has 0 aliphatic carbocycles. The van der Waals surface area contributed by atoms with Crippen molar-refractivity contribution >= 4 is 33.8 Å². The second-order valence-corrected chi connectivity index (χ2v) is 4.97. The standard InChI is InChI=1S/C14H10BrClO2/c1-18-14-10(8-17)5-6-12(13(14)16)9-3-2-4-11(15)7-9/h2-8H,1H3. The van der Waals surface area contributed by atoms with Crippen LogP contribution in [0.5, 0.6) is 5.75 Å². The maximum atomic E-state index is 10.9. The molecule has 0 aliphatic rings. The number of carbonyl (C=O) groups is 1. The lowest BCUT2D eigenvalue weighted by molar-refractivity contribution is 0.112. The van der Waals surface area contributed by atoms with Crippen molar-refractivity contribution in [3.63, 3.8) is 0 Å². The molecule has 2 nitrogen and oxygen atoms in total. The number of hydrogen-bond donors (Lipinski definition) is 0. The molecule has 0 bridgehead atoms. The number of methoxy groups -OCH3 is 1. The van der Waals surface area contributed by atoms with Gasteiger partial charge < -0.3 is 4.74 Å². The first-order valence-electron chi connectivity index (χ1n) is 5.25. The quantitative estimate of drug-likeness (QED) is 0.771. The SMILES string of the molecule is COc1c(C=O)ccc(-c2cccc(Br)c2)c1Cl. The Morgan fingerprint density at radius 1 is 1.28 bits per heavy atom. The number of halogens is 2. The highest BCUT2D eigenvalue weighted by Gasteiger charge is 2.13. The Morgan fingerprint density at radius 3 is 2.67 bits per heavy atom. The van der Waals surface area contributed by atoms with Gasteiger partial charge in [-0.25, -0.2) is 0 Å². The lowest BCUT2D eigenvalue weighted by Crippen LogP contribution is -1.93. The third-order valence-corrected chi connectivity index (χ3v) is 3.46. The Bertz CT molecular complexity index is 596. The van der Waals surface area contributed by atoms with Crippen molar-refractivity contribution in [1.29, 1.82) is 0 Å². The van der Waals surface area contributed by atoms with Gasteiger partial charge in [-0.2, -0.15) is 0 Å². The Balaban J connectivity index is 2.62. The molecular weight excluding hydrogens is 316 g/mol. The summed E-state index contributed by atoms with van der Waals surface area (Å²) in [5, 5.41) is 0.445. The molecule has 0 spiro atoms. The molecule has 0 fully saturated rings. The Labute approximate surface area is 119 Å². The normalized spacial score (nSPS) is 10.2. The average Bonchev–Trinajstić information content (AvgIpc) is 2.38. The highest BCUT2D eigenvalue weighted by Crippen LogP contribution is 2.37. The Morgan fingerprint density at radius 2 is 2.06 bits per heavy atom. The van der Waals surface area contributed by atoms with Crippen molar-refractivity contribution in [2.24, 2.45) is 0 Å². The summed E-state index contributed by atoms with van der Waals surface area (Å²) in [5.74, 6) is 0.407. The van der Waals surface area contributed by atoms with E-state index >= 15 is 0 Å². The summed E-state index contributed by atoms with van der Waals surface area (Å²) in [6, 6.07) is 11.3. The molecule has 18 heavy (non-hydrogen) atoms. The first kappa shape index (κ1) is 13.1. The van der Waals surface area contributed by atoms with Gasteiger partial charge in [-0.05, 0) is 23.8 Å². The zero-order valence-electron chi connectivity index (χ0n) is 9.61. The van der Waals surface area contributed by atoms with Crippen LogP contribution in [0.25, 0.3) is 11.1 Å². The van der Waals surface area contributed by atoms with Crippen LogP contribution in [0, 0.1) is 0 Å². The first-order chi connectivity index (χ1) is 8.67.